The molecule has 1 aromatic heterocycles. The Balaban J connectivity index is 1.22. The molecule has 134 valence electrons. The van der Waals surface area contributed by atoms with E-state index in [2.05, 4.69) is 38.3 Å². The first-order chi connectivity index (χ1) is 12.8. The number of hydrogen-bond donors (Lipinski definition) is 4. The third-order valence-electron chi connectivity index (χ3n) is 4.76. The van der Waals surface area contributed by atoms with Crippen LogP contribution in [-0.4, -0.2) is 28.5 Å². The molecular formula is C20H23N5O. The van der Waals surface area contributed by atoms with Gasteiger partial charge in [-0.05, 0) is 24.1 Å². The number of para-hydroxylation sites is 2. The summed E-state index contributed by atoms with van der Waals surface area (Å²) in [7, 11) is 0. The van der Waals surface area contributed by atoms with E-state index in [0.29, 0.717) is 19.4 Å². The number of H-pyrrole nitrogens is 1. The van der Waals surface area contributed by atoms with E-state index in [0.717, 1.165) is 23.3 Å². The van der Waals surface area contributed by atoms with Crippen LogP contribution in [0.1, 0.15) is 30.3 Å². The molecule has 2 aromatic carbocycles. The molecule has 4 rings (SSSR count). The van der Waals surface area contributed by atoms with Gasteiger partial charge in [-0.1, -0.05) is 42.5 Å². The predicted octanol–water partition coefficient (Wildman–Crippen LogP) is 2.22. The summed E-state index contributed by atoms with van der Waals surface area (Å²) in [6, 6.07) is 18.8. The first kappa shape index (κ1) is 16.8. The Labute approximate surface area is 152 Å². The summed E-state index contributed by atoms with van der Waals surface area (Å²) < 4.78 is 0. The summed E-state index contributed by atoms with van der Waals surface area (Å²) in [6.45, 7) is 0.620. The standard InChI is InChI=1S/C20H23N5O/c26-20(11-10-19-22-16-8-4-5-9-17(16)23-19)21-13-15-12-18(25-24-15)14-6-2-1-3-7-14/h1-9,15,18,24-25H,10-13H2,(H,21,26)(H,22,23). The summed E-state index contributed by atoms with van der Waals surface area (Å²) in [5.41, 5.74) is 9.79. The van der Waals surface area contributed by atoms with Crippen LogP contribution >= 0.6 is 0 Å². The Morgan fingerprint density at radius 2 is 1.88 bits per heavy atom. The van der Waals surface area contributed by atoms with Gasteiger partial charge in [-0.15, -0.1) is 0 Å². The van der Waals surface area contributed by atoms with Gasteiger partial charge < -0.3 is 10.3 Å². The number of nitrogens with one attached hydrogen (secondary N) is 4. The van der Waals surface area contributed by atoms with Crippen LogP contribution in [0.25, 0.3) is 11.0 Å². The van der Waals surface area contributed by atoms with Crippen LogP contribution in [0.15, 0.2) is 54.6 Å². The predicted molar refractivity (Wildman–Crippen MR) is 101 cm³/mol. The van der Waals surface area contributed by atoms with Crippen molar-refractivity contribution in [2.24, 2.45) is 0 Å². The molecule has 2 heterocycles. The second kappa shape index (κ2) is 7.68. The lowest BCUT2D eigenvalue weighted by molar-refractivity contribution is -0.121. The van der Waals surface area contributed by atoms with Crippen molar-refractivity contribution in [3.63, 3.8) is 0 Å². The number of nitrogens with zero attached hydrogens (tertiary/aromatic N) is 1. The molecule has 0 saturated carbocycles. The van der Waals surface area contributed by atoms with Crippen molar-refractivity contribution in [3.05, 3.63) is 66.0 Å². The highest BCUT2D eigenvalue weighted by Crippen LogP contribution is 2.21. The number of aryl methyl sites for hydroxylation is 1. The van der Waals surface area contributed by atoms with E-state index in [9.17, 15) is 4.79 Å². The monoisotopic (exact) mass is 349 g/mol. The van der Waals surface area contributed by atoms with Gasteiger partial charge >= 0.3 is 0 Å². The first-order valence-electron chi connectivity index (χ1n) is 9.04. The molecular weight excluding hydrogens is 326 g/mol. The molecule has 0 spiro atoms. The van der Waals surface area contributed by atoms with Crippen LogP contribution < -0.4 is 16.2 Å². The average molecular weight is 349 g/mol. The van der Waals surface area contributed by atoms with Gasteiger partial charge in [-0.2, -0.15) is 0 Å². The Morgan fingerprint density at radius 3 is 2.73 bits per heavy atom. The van der Waals surface area contributed by atoms with E-state index in [1.165, 1.54) is 5.56 Å². The molecule has 1 fully saturated rings. The summed E-state index contributed by atoms with van der Waals surface area (Å²) in [5, 5.41) is 3.02. The number of aromatic nitrogens is 2. The maximum atomic E-state index is 12.1. The fourth-order valence-electron chi connectivity index (χ4n) is 3.34. The summed E-state index contributed by atoms with van der Waals surface area (Å²) in [6.07, 6.45) is 2.00. The van der Waals surface area contributed by atoms with Crippen LogP contribution in [-0.2, 0) is 11.2 Å². The van der Waals surface area contributed by atoms with Crippen LogP contribution in [0.5, 0.6) is 0 Å². The number of carbonyl (C=O) groups excluding carboxylic acids is 1. The summed E-state index contributed by atoms with van der Waals surface area (Å²) in [5.74, 6) is 0.904. The van der Waals surface area contributed by atoms with E-state index >= 15 is 0 Å². The quantitative estimate of drug-likeness (QED) is 0.550. The number of imidazole rings is 1. The molecule has 0 aliphatic carbocycles. The van der Waals surface area contributed by atoms with Crippen LogP contribution in [0, 0.1) is 0 Å². The highest BCUT2D eigenvalue weighted by Gasteiger charge is 2.24. The fraction of sp³-hybridized carbons (Fsp3) is 0.300. The van der Waals surface area contributed by atoms with Crippen molar-refractivity contribution < 1.29 is 4.79 Å². The zero-order valence-electron chi connectivity index (χ0n) is 14.5. The Kier molecular flexibility index (Phi) is 4.95. The second-order valence-electron chi connectivity index (χ2n) is 6.69. The van der Waals surface area contributed by atoms with E-state index in [4.69, 9.17) is 0 Å². The van der Waals surface area contributed by atoms with E-state index in [1.807, 2.05) is 42.5 Å². The first-order valence-corrected chi connectivity index (χ1v) is 9.04. The molecule has 6 nitrogen and oxygen atoms in total. The number of carbonyl (C=O) groups is 1. The van der Waals surface area contributed by atoms with Gasteiger partial charge in [0.1, 0.15) is 5.82 Å². The molecule has 1 amide bonds. The molecule has 2 unspecified atom stereocenters. The fourth-order valence-corrected chi connectivity index (χ4v) is 3.34. The van der Waals surface area contributed by atoms with Crippen molar-refractivity contribution in [3.8, 4) is 0 Å². The van der Waals surface area contributed by atoms with Gasteiger partial charge in [0, 0.05) is 31.5 Å². The number of fused-ring (bicyclic) bond motifs is 1. The molecule has 1 aliphatic heterocycles. The minimum Gasteiger partial charge on any atom is -0.354 e. The number of rotatable bonds is 6. The van der Waals surface area contributed by atoms with Crippen molar-refractivity contribution >= 4 is 16.9 Å². The normalized spacial score (nSPS) is 19.7. The number of amides is 1. The number of hydrogen-bond acceptors (Lipinski definition) is 4. The number of aromatic amines is 1. The lowest BCUT2D eigenvalue weighted by Crippen LogP contribution is -2.40. The third kappa shape index (κ3) is 3.92. The Hall–Kier alpha value is -2.70. The number of hydrazine groups is 1. The minimum atomic E-state index is 0.0513. The topological polar surface area (TPSA) is 81.8 Å². The van der Waals surface area contributed by atoms with Gasteiger partial charge in [-0.25, -0.2) is 10.4 Å². The third-order valence-corrected chi connectivity index (χ3v) is 4.76. The molecule has 1 saturated heterocycles. The van der Waals surface area contributed by atoms with E-state index < -0.39 is 0 Å². The molecule has 0 radical (unpaired) electrons. The van der Waals surface area contributed by atoms with Crippen molar-refractivity contribution in [1.82, 2.24) is 26.1 Å². The molecule has 26 heavy (non-hydrogen) atoms. The van der Waals surface area contributed by atoms with E-state index in [-0.39, 0.29) is 18.0 Å². The van der Waals surface area contributed by atoms with Gasteiger partial charge in [0.2, 0.25) is 5.91 Å². The lowest BCUT2D eigenvalue weighted by Gasteiger charge is -2.11. The SMILES string of the molecule is O=C(CCc1nc2ccccc2[nH]1)NCC1CC(c2ccccc2)NN1. The van der Waals surface area contributed by atoms with Crippen molar-refractivity contribution in [2.75, 3.05) is 6.54 Å². The second-order valence-corrected chi connectivity index (χ2v) is 6.69. The van der Waals surface area contributed by atoms with Crippen LogP contribution in [0.4, 0.5) is 0 Å². The Bertz CT molecular complexity index is 843. The van der Waals surface area contributed by atoms with Crippen LogP contribution in [0.3, 0.4) is 0 Å². The zero-order chi connectivity index (χ0) is 17.8. The van der Waals surface area contributed by atoms with Gasteiger partial charge in [0.05, 0.1) is 11.0 Å². The van der Waals surface area contributed by atoms with Gasteiger partial charge in [0.25, 0.3) is 0 Å². The maximum Gasteiger partial charge on any atom is 0.220 e. The van der Waals surface area contributed by atoms with Gasteiger partial charge in [0.15, 0.2) is 0 Å². The lowest BCUT2D eigenvalue weighted by atomic mass is 10.0. The van der Waals surface area contributed by atoms with Crippen molar-refractivity contribution in [2.45, 2.75) is 31.3 Å². The van der Waals surface area contributed by atoms with E-state index in [1.54, 1.807) is 0 Å². The number of benzene rings is 2. The molecule has 0 bridgehead atoms. The highest BCUT2D eigenvalue weighted by molar-refractivity contribution is 5.77. The highest BCUT2D eigenvalue weighted by atomic mass is 16.1. The average Bonchev–Trinajstić information content (AvgIpc) is 3.32. The minimum absolute atomic E-state index is 0.0513. The smallest absolute Gasteiger partial charge is 0.220 e. The van der Waals surface area contributed by atoms with Gasteiger partial charge in [-0.3, -0.25) is 10.2 Å². The molecule has 1 aliphatic rings. The molecule has 3 aromatic rings. The maximum absolute atomic E-state index is 12.1. The molecule has 4 N–H and O–H groups in total. The Morgan fingerprint density at radius 1 is 1.08 bits per heavy atom. The van der Waals surface area contributed by atoms with Crippen molar-refractivity contribution in [1.29, 1.82) is 0 Å². The zero-order valence-corrected chi connectivity index (χ0v) is 14.5. The summed E-state index contributed by atoms with van der Waals surface area (Å²) >= 11 is 0. The van der Waals surface area contributed by atoms with Crippen LogP contribution in [0.2, 0.25) is 0 Å². The molecule has 2 atom stereocenters. The summed E-state index contributed by atoms with van der Waals surface area (Å²) in [4.78, 5) is 19.9. The largest absolute Gasteiger partial charge is 0.354 e. The molecule has 6 heteroatoms.